The molecule has 0 fully saturated rings. The van der Waals surface area contributed by atoms with Crippen LogP contribution < -0.4 is 5.73 Å². The Morgan fingerprint density at radius 3 is 2.38 bits per heavy atom. The lowest BCUT2D eigenvalue weighted by Gasteiger charge is -1.98. The number of azo groups is 1. The zero-order chi connectivity index (χ0) is 17.1. The largest absolute Gasteiger partial charge is 0.375 e. The zero-order valence-corrected chi connectivity index (χ0v) is 13.7. The first kappa shape index (κ1) is 16.0. The van der Waals surface area contributed by atoms with Crippen molar-refractivity contribution in [3.63, 3.8) is 0 Å². The third kappa shape index (κ3) is 3.55. The highest BCUT2D eigenvalue weighted by Gasteiger charge is 2.12. The van der Waals surface area contributed by atoms with Gasteiger partial charge in [-0.1, -0.05) is 35.1 Å². The molecule has 120 valence electrons. The quantitative estimate of drug-likeness (QED) is 0.383. The van der Waals surface area contributed by atoms with Crippen LogP contribution in [0.4, 0.5) is 21.5 Å². The highest BCUT2D eigenvalue weighted by molar-refractivity contribution is 7.19. The number of nitrogens with zero attached hydrogens (tertiary/aromatic N) is 4. The van der Waals surface area contributed by atoms with Gasteiger partial charge in [0.1, 0.15) is 5.69 Å². The summed E-state index contributed by atoms with van der Waals surface area (Å²) in [4.78, 5) is 14.4. The minimum atomic E-state index is -0.469. The normalized spacial score (nSPS) is 11.0. The van der Waals surface area contributed by atoms with E-state index in [9.17, 15) is 10.1 Å². The molecule has 0 atom stereocenters. The predicted octanol–water partition coefficient (Wildman–Crippen LogP) is 5.37. The van der Waals surface area contributed by atoms with E-state index in [0.717, 1.165) is 5.56 Å². The molecule has 0 saturated heterocycles. The molecule has 0 amide bonds. The van der Waals surface area contributed by atoms with Gasteiger partial charge in [0.05, 0.1) is 10.6 Å². The number of anilines is 1. The van der Waals surface area contributed by atoms with Gasteiger partial charge in [-0.3, -0.25) is 10.1 Å². The fourth-order valence-electron chi connectivity index (χ4n) is 1.94. The average molecular weight is 360 g/mol. The maximum absolute atomic E-state index is 10.6. The molecule has 0 unspecified atom stereocenters. The van der Waals surface area contributed by atoms with Gasteiger partial charge in [-0.25, -0.2) is 4.98 Å². The van der Waals surface area contributed by atoms with Gasteiger partial charge in [0.15, 0.2) is 10.1 Å². The standard InChI is InChI=1S/C15H10ClN5O2S/c16-10-3-1-9(2-4-10)13-14(24-15(17)18-13)20-19-11-5-7-12(8-6-11)21(22)23/h1-8H,(H2,17,18). The van der Waals surface area contributed by atoms with Crippen molar-refractivity contribution in [1.82, 2.24) is 4.98 Å². The van der Waals surface area contributed by atoms with E-state index in [2.05, 4.69) is 15.2 Å². The molecule has 3 aromatic rings. The number of halogens is 1. The highest BCUT2D eigenvalue weighted by atomic mass is 35.5. The summed E-state index contributed by atoms with van der Waals surface area (Å²) >= 11 is 7.09. The Balaban J connectivity index is 1.90. The summed E-state index contributed by atoms with van der Waals surface area (Å²) in [7, 11) is 0. The smallest absolute Gasteiger partial charge is 0.269 e. The van der Waals surface area contributed by atoms with Gasteiger partial charge in [0.2, 0.25) is 0 Å². The van der Waals surface area contributed by atoms with Gasteiger partial charge in [-0.15, -0.1) is 10.2 Å². The van der Waals surface area contributed by atoms with E-state index in [1.807, 2.05) is 12.1 Å². The minimum Gasteiger partial charge on any atom is -0.375 e. The van der Waals surface area contributed by atoms with Crippen LogP contribution in [-0.2, 0) is 0 Å². The Morgan fingerprint density at radius 1 is 1.08 bits per heavy atom. The summed E-state index contributed by atoms with van der Waals surface area (Å²) in [6, 6.07) is 12.9. The maximum atomic E-state index is 10.6. The van der Waals surface area contributed by atoms with Crippen LogP contribution in [0.5, 0.6) is 0 Å². The van der Waals surface area contributed by atoms with Crippen LogP contribution in [0.2, 0.25) is 5.02 Å². The number of nitro benzene ring substituents is 1. The van der Waals surface area contributed by atoms with Crippen molar-refractivity contribution in [3.05, 3.63) is 63.7 Å². The van der Waals surface area contributed by atoms with Gasteiger partial charge in [0, 0.05) is 22.7 Å². The molecule has 1 heterocycles. The van der Waals surface area contributed by atoms with Crippen molar-refractivity contribution in [1.29, 1.82) is 0 Å². The van der Waals surface area contributed by atoms with Crippen LogP contribution in [0.25, 0.3) is 11.3 Å². The van der Waals surface area contributed by atoms with Crippen molar-refractivity contribution in [2.24, 2.45) is 10.2 Å². The van der Waals surface area contributed by atoms with E-state index >= 15 is 0 Å². The summed E-state index contributed by atoms with van der Waals surface area (Å²) in [6.45, 7) is 0. The Labute approximate surface area is 145 Å². The van der Waals surface area contributed by atoms with Crippen LogP contribution >= 0.6 is 22.9 Å². The summed E-state index contributed by atoms with van der Waals surface area (Å²) in [5.41, 5.74) is 7.70. The fraction of sp³-hybridized carbons (Fsp3) is 0. The van der Waals surface area contributed by atoms with Crippen LogP contribution in [0.3, 0.4) is 0 Å². The topological polar surface area (TPSA) is 107 Å². The Bertz CT molecular complexity index is 907. The number of hydrogen-bond acceptors (Lipinski definition) is 7. The van der Waals surface area contributed by atoms with Gasteiger partial charge >= 0.3 is 0 Å². The van der Waals surface area contributed by atoms with E-state index < -0.39 is 4.92 Å². The molecule has 0 radical (unpaired) electrons. The van der Waals surface area contributed by atoms with Crippen LogP contribution in [-0.4, -0.2) is 9.91 Å². The van der Waals surface area contributed by atoms with Crippen molar-refractivity contribution >= 4 is 44.4 Å². The molecule has 9 heteroatoms. The molecule has 0 bridgehead atoms. The molecule has 0 aliphatic heterocycles. The zero-order valence-electron chi connectivity index (χ0n) is 12.1. The monoisotopic (exact) mass is 359 g/mol. The first-order valence-corrected chi connectivity index (χ1v) is 7.91. The SMILES string of the molecule is Nc1nc(-c2ccc(Cl)cc2)c(N=Nc2ccc([N+](=O)[O-])cc2)s1. The Hall–Kier alpha value is -2.84. The second-order valence-corrected chi connectivity index (χ2v) is 6.13. The molecule has 0 saturated carbocycles. The van der Waals surface area contributed by atoms with Crippen LogP contribution in [0.1, 0.15) is 0 Å². The Kier molecular flexibility index (Phi) is 4.50. The highest BCUT2D eigenvalue weighted by Crippen LogP contribution is 2.38. The summed E-state index contributed by atoms with van der Waals surface area (Å²) in [6.07, 6.45) is 0. The number of rotatable bonds is 4. The molecule has 0 aliphatic rings. The number of benzene rings is 2. The first-order chi connectivity index (χ1) is 11.5. The first-order valence-electron chi connectivity index (χ1n) is 6.71. The van der Waals surface area contributed by atoms with Gasteiger partial charge in [-0.05, 0) is 24.3 Å². The fourth-order valence-corrected chi connectivity index (χ4v) is 2.74. The summed E-state index contributed by atoms with van der Waals surface area (Å²) in [5.74, 6) is 0. The maximum Gasteiger partial charge on any atom is 0.269 e. The van der Waals surface area contributed by atoms with E-state index in [-0.39, 0.29) is 5.69 Å². The molecule has 3 rings (SSSR count). The Morgan fingerprint density at radius 2 is 1.75 bits per heavy atom. The summed E-state index contributed by atoms with van der Waals surface area (Å²) < 4.78 is 0. The third-order valence-corrected chi connectivity index (χ3v) is 4.08. The molecule has 2 N–H and O–H groups in total. The number of nitrogens with two attached hydrogens (primary N) is 1. The van der Waals surface area contributed by atoms with E-state index in [1.165, 1.54) is 35.6 Å². The van der Waals surface area contributed by atoms with Crippen LogP contribution in [0.15, 0.2) is 58.8 Å². The lowest BCUT2D eigenvalue weighted by molar-refractivity contribution is -0.384. The van der Waals surface area contributed by atoms with E-state index in [0.29, 0.717) is 26.5 Å². The second kappa shape index (κ2) is 6.73. The minimum absolute atomic E-state index is 0.00200. The summed E-state index contributed by atoms with van der Waals surface area (Å²) in [5, 5.41) is 20.4. The lowest BCUT2D eigenvalue weighted by atomic mass is 10.2. The van der Waals surface area contributed by atoms with Gasteiger partial charge < -0.3 is 5.73 Å². The molecular formula is C15H10ClN5O2S. The van der Waals surface area contributed by atoms with Crippen molar-refractivity contribution in [2.45, 2.75) is 0 Å². The molecule has 1 aromatic heterocycles. The van der Waals surface area contributed by atoms with Crippen LogP contribution in [0, 0.1) is 10.1 Å². The number of non-ortho nitro benzene ring substituents is 1. The van der Waals surface area contributed by atoms with Crippen molar-refractivity contribution < 1.29 is 4.92 Å². The number of nitrogen functional groups attached to an aromatic ring is 1. The third-order valence-electron chi connectivity index (χ3n) is 3.06. The molecule has 2 aromatic carbocycles. The number of aromatic nitrogens is 1. The molecule has 0 spiro atoms. The average Bonchev–Trinajstić information content (AvgIpc) is 2.95. The number of hydrogen-bond donors (Lipinski definition) is 1. The second-order valence-electron chi connectivity index (χ2n) is 4.69. The molecule has 0 aliphatic carbocycles. The van der Waals surface area contributed by atoms with Crippen molar-refractivity contribution in [2.75, 3.05) is 5.73 Å². The molecular weight excluding hydrogens is 350 g/mol. The predicted molar refractivity (Wildman–Crippen MR) is 94.2 cm³/mol. The van der Waals surface area contributed by atoms with E-state index in [4.69, 9.17) is 17.3 Å². The van der Waals surface area contributed by atoms with E-state index in [1.54, 1.807) is 12.1 Å². The van der Waals surface area contributed by atoms with Gasteiger partial charge in [-0.2, -0.15) is 0 Å². The molecule has 7 nitrogen and oxygen atoms in total. The number of nitro groups is 1. The number of thiazole rings is 1. The van der Waals surface area contributed by atoms with Gasteiger partial charge in [0.25, 0.3) is 5.69 Å². The van der Waals surface area contributed by atoms with Crippen molar-refractivity contribution in [3.8, 4) is 11.3 Å². The lowest BCUT2D eigenvalue weighted by Crippen LogP contribution is -1.85. The molecule has 24 heavy (non-hydrogen) atoms.